The minimum atomic E-state index is 0.244. The van der Waals surface area contributed by atoms with Gasteiger partial charge in [-0.05, 0) is 38.0 Å². The van der Waals surface area contributed by atoms with Crippen LogP contribution in [-0.4, -0.2) is 30.7 Å². The van der Waals surface area contributed by atoms with Gasteiger partial charge in [-0.25, -0.2) is 9.97 Å². The summed E-state index contributed by atoms with van der Waals surface area (Å²) in [5, 5.41) is 0. The highest BCUT2D eigenvalue weighted by Gasteiger charge is 2.30. The van der Waals surface area contributed by atoms with Crippen molar-refractivity contribution >= 4 is 5.82 Å². The topological polar surface area (TPSA) is 47.5 Å². The van der Waals surface area contributed by atoms with Crippen molar-refractivity contribution in [2.45, 2.75) is 39.2 Å². The predicted molar refractivity (Wildman–Crippen MR) is 95.0 cm³/mol. The minimum absolute atomic E-state index is 0.244. The van der Waals surface area contributed by atoms with Gasteiger partial charge in [-0.2, -0.15) is 0 Å². The van der Waals surface area contributed by atoms with E-state index >= 15 is 0 Å². The van der Waals surface area contributed by atoms with Gasteiger partial charge in [-0.15, -0.1) is 0 Å². The van der Waals surface area contributed by atoms with Gasteiger partial charge in [0.2, 0.25) is 0 Å². The summed E-state index contributed by atoms with van der Waals surface area (Å²) in [6.07, 6.45) is 3.05. The normalized spacial score (nSPS) is 17.2. The molecule has 1 aromatic carbocycles. The van der Waals surface area contributed by atoms with Gasteiger partial charge >= 0.3 is 0 Å². The summed E-state index contributed by atoms with van der Waals surface area (Å²) in [6, 6.07) is 8.31. The molecule has 0 amide bonds. The highest BCUT2D eigenvalue weighted by Crippen LogP contribution is 2.40. The maximum Gasteiger partial charge on any atom is 0.133 e. The second-order valence-electron chi connectivity index (χ2n) is 6.10. The molecule has 0 spiro atoms. The van der Waals surface area contributed by atoms with Crippen molar-refractivity contribution in [2.75, 3.05) is 25.7 Å². The first-order chi connectivity index (χ1) is 11.7. The van der Waals surface area contributed by atoms with Crippen LogP contribution in [0.3, 0.4) is 0 Å². The molecule has 128 valence electrons. The lowest BCUT2D eigenvalue weighted by Crippen LogP contribution is -2.24. The second kappa shape index (κ2) is 7.07. The van der Waals surface area contributed by atoms with Crippen LogP contribution in [-0.2, 0) is 6.42 Å². The number of benzene rings is 1. The van der Waals surface area contributed by atoms with Crippen molar-refractivity contribution in [3.63, 3.8) is 0 Å². The van der Waals surface area contributed by atoms with Gasteiger partial charge in [-0.1, -0.05) is 6.92 Å². The Hall–Kier alpha value is -2.30. The zero-order valence-electron chi connectivity index (χ0n) is 14.9. The van der Waals surface area contributed by atoms with Gasteiger partial charge in [0.05, 0.1) is 20.3 Å². The lowest BCUT2D eigenvalue weighted by atomic mass is 10.0. The zero-order chi connectivity index (χ0) is 17.1. The molecule has 1 saturated heterocycles. The Bertz CT molecular complexity index is 718. The summed E-state index contributed by atoms with van der Waals surface area (Å²) >= 11 is 0. The van der Waals surface area contributed by atoms with Crippen molar-refractivity contribution in [3.8, 4) is 11.5 Å². The van der Waals surface area contributed by atoms with Gasteiger partial charge < -0.3 is 14.4 Å². The number of hydrogen-bond acceptors (Lipinski definition) is 5. The van der Waals surface area contributed by atoms with E-state index in [1.807, 2.05) is 19.1 Å². The molecule has 24 heavy (non-hydrogen) atoms. The van der Waals surface area contributed by atoms with E-state index in [1.165, 1.54) is 0 Å². The van der Waals surface area contributed by atoms with E-state index in [1.54, 1.807) is 14.2 Å². The van der Waals surface area contributed by atoms with Crippen molar-refractivity contribution in [3.05, 3.63) is 41.3 Å². The average Bonchev–Trinajstić information content (AvgIpc) is 3.10. The molecule has 2 aromatic rings. The Kier molecular flexibility index (Phi) is 4.88. The number of hydrogen-bond donors (Lipinski definition) is 0. The monoisotopic (exact) mass is 327 g/mol. The molecule has 0 saturated carbocycles. The Labute approximate surface area is 143 Å². The Morgan fingerprint density at radius 3 is 2.71 bits per heavy atom. The average molecular weight is 327 g/mol. The van der Waals surface area contributed by atoms with Gasteiger partial charge in [0.25, 0.3) is 0 Å². The van der Waals surface area contributed by atoms with Crippen LogP contribution in [0.1, 0.15) is 42.9 Å². The van der Waals surface area contributed by atoms with Gasteiger partial charge in [0.1, 0.15) is 23.1 Å². The number of ether oxygens (including phenoxy) is 2. The quantitative estimate of drug-likeness (QED) is 0.838. The third-order valence-corrected chi connectivity index (χ3v) is 4.55. The molecule has 1 aliphatic heterocycles. The molecule has 3 rings (SSSR count). The predicted octanol–water partition coefficient (Wildman–Crippen LogP) is 3.71. The highest BCUT2D eigenvalue weighted by atomic mass is 16.5. The van der Waals surface area contributed by atoms with E-state index in [9.17, 15) is 0 Å². The van der Waals surface area contributed by atoms with Crippen LogP contribution < -0.4 is 14.4 Å². The maximum absolute atomic E-state index is 5.60. The fraction of sp³-hybridized carbons (Fsp3) is 0.474. The molecular formula is C19H25N3O2. The summed E-state index contributed by atoms with van der Waals surface area (Å²) < 4.78 is 11.0. The molecule has 1 aromatic heterocycles. The summed E-state index contributed by atoms with van der Waals surface area (Å²) in [7, 11) is 3.41. The number of rotatable bonds is 5. The molecule has 5 nitrogen and oxygen atoms in total. The van der Waals surface area contributed by atoms with Crippen molar-refractivity contribution in [1.29, 1.82) is 0 Å². The number of anilines is 1. The Balaban J connectivity index is 2.01. The summed E-state index contributed by atoms with van der Waals surface area (Å²) in [5.41, 5.74) is 2.17. The lowest BCUT2D eigenvalue weighted by molar-refractivity contribution is 0.395. The van der Waals surface area contributed by atoms with E-state index in [0.29, 0.717) is 0 Å². The van der Waals surface area contributed by atoms with Gasteiger partial charge in [0, 0.05) is 30.3 Å². The van der Waals surface area contributed by atoms with Crippen LogP contribution >= 0.6 is 0 Å². The van der Waals surface area contributed by atoms with E-state index in [2.05, 4.69) is 28.9 Å². The molecule has 1 atom stereocenters. The molecule has 5 heteroatoms. The lowest BCUT2D eigenvalue weighted by Gasteiger charge is -2.28. The Morgan fingerprint density at radius 1 is 1.17 bits per heavy atom. The third kappa shape index (κ3) is 3.16. The number of aryl methyl sites for hydroxylation is 2. The molecule has 0 aliphatic carbocycles. The third-order valence-electron chi connectivity index (χ3n) is 4.55. The van der Waals surface area contributed by atoms with Crippen LogP contribution in [0.25, 0.3) is 0 Å². The first kappa shape index (κ1) is 16.6. The maximum atomic E-state index is 5.60. The van der Waals surface area contributed by atoms with Crippen LogP contribution in [0.5, 0.6) is 11.5 Å². The first-order valence-electron chi connectivity index (χ1n) is 8.49. The smallest absolute Gasteiger partial charge is 0.133 e. The van der Waals surface area contributed by atoms with E-state index < -0.39 is 0 Å². The number of methoxy groups -OCH3 is 2. The Morgan fingerprint density at radius 2 is 2.00 bits per heavy atom. The molecule has 0 radical (unpaired) electrons. The van der Waals surface area contributed by atoms with Crippen LogP contribution in [0, 0.1) is 6.92 Å². The summed E-state index contributed by atoms with van der Waals surface area (Å²) in [6.45, 7) is 5.11. The molecule has 0 N–H and O–H groups in total. The summed E-state index contributed by atoms with van der Waals surface area (Å²) in [5.74, 6) is 3.65. The van der Waals surface area contributed by atoms with Crippen LogP contribution in [0.15, 0.2) is 24.3 Å². The molecule has 1 aliphatic rings. The highest BCUT2D eigenvalue weighted by molar-refractivity contribution is 5.50. The zero-order valence-corrected chi connectivity index (χ0v) is 14.9. The fourth-order valence-electron chi connectivity index (χ4n) is 3.38. The molecule has 2 heterocycles. The first-order valence-corrected chi connectivity index (χ1v) is 8.49. The minimum Gasteiger partial charge on any atom is -0.497 e. The second-order valence-corrected chi connectivity index (χ2v) is 6.10. The molecule has 0 bridgehead atoms. The number of nitrogens with zero attached hydrogens (tertiary/aromatic N) is 3. The summed E-state index contributed by atoms with van der Waals surface area (Å²) in [4.78, 5) is 11.6. The molecular weight excluding hydrogens is 302 g/mol. The SMILES string of the molecule is CCc1nc(C)cc(N2CCCC2c2cc(OC)ccc2OC)n1. The molecule has 1 unspecified atom stereocenters. The van der Waals surface area contributed by atoms with Crippen molar-refractivity contribution < 1.29 is 9.47 Å². The fourth-order valence-corrected chi connectivity index (χ4v) is 3.38. The van der Waals surface area contributed by atoms with Crippen molar-refractivity contribution in [1.82, 2.24) is 9.97 Å². The van der Waals surface area contributed by atoms with Crippen molar-refractivity contribution in [2.24, 2.45) is 0 Å². The number of aromatic nitrogens is 2. The molecule has 1 fully saturated rings. The standard InChI is InChI=1S/C19H25N3O2/c1-5-18-20-13(2)11-19(21-18)22-10-6-7-16(22)15-12-14(23-3)8-9-17(15)24-4/h8-9,11-12,16H,5-7,10H2,1-4H3. The van der Waals surface area contributed by atoms with Crippen LogP contribution in [0.2, 0.25) is 0 Å². The van der Waals surface area contributed by atoms with Gasteiger partial charge in [0.15, 0.2) is 0 Å². The van der Waals surface area contributed by atoms with Gasteiger partial charge in [-0.3, -0.25) is 0 Å². The van der Waals surface area contributed by atoms with E-state index in [-0.39, 0.29) is 6.04 Å². The van der Waals surface area contributed by atoms with Crippen LogP contribution in [0.4, 0.5) is 5.82 Å². The van der Waals surface area contributed by atoms with E-state index in [0.717, 1.165) is 60.2 Å². The van der Waals surface area contributed by atoms with E-state index in [4.69, 9.17) is 14.5 Å². The largest absolute Gasteiger partial charge is 0.497 e.